The van der Waals surface area contributed by atoms with E-state index in [1.165, 1.54) is 12.0 Å². The lowest BCUT2D eigenvalue weighted by Gasteiger charge is -2.40. The van der Waals surface area contributed by atoms with E-state index in [0.29, 0.717) is 24.3 Å². The summed E-state index contributed by atoms with van der Waals surface area (Å²) in [5, 5.41) is 3.12. The smallest absolute Gasteiger partial charge is 0.252 e. The predicted molar refractivity (Wildman–Crippen MR) is 137 cm³/mol. The van der Waals surface area contributed by atoms with Crippen LogP contribution in [-0.2, 0) is 14.3 Å². The number of hydrogen-bond donors (Lipinski definition) is 2. The Morgan fingerprint density at radius 2 is 1.81 bits per heavy atom. The van der Waals surface area contributed by atoms with Crippen LogP contribution in [0.5, 0.6) is 0 Å². The maximum Gasteiger partial charge on any atom is 0.252 e. The molecule has 4 fully saturated rings. The Hall–Kier alpha value is -2.29. The first kappa shape index (κ1) is 25.4. The van der Waals surface area contributed by atoms with Crippen LogP contribution >= 0.6 is 0 Å². The van der Waals surface area contributed by atoms with Crippen LogP contribution < -0.4 is 11.1 Å². The number of likely N-dealkylation sites (tertiary alicyclic amines) is 2. The Kier molecular flexibility index (Phi) is 7.47. The number of piperidine rings is 1. The SMILES string of the molecule is CCCN1CCC(c2ccc(C(=O)NC3(C(=O)N4C[C@@H](N)[C@H]5OCC(=O)[C@H]54)CCCCC3)cc2)CC1. The summed E-state index contributed by atoms with van der Waals surface area (Å²) in [5.41, 5.74) is 7.06. The van der Waals surface area contributed by atoms with Crippen LogP contribution in [0.2, 0.25) is 0 Å². The number of carbonyl (C=O) groups excluding carboxylic acids is 3. The molecule has 196 valence electrons. The molecule has 5 rings (SSSR count). The molecule has 0 spiro atoms. The van der Waals surface area contributed by atoms with Crippen LogP contribution in [0.3, 0.4) is 0 Å². The van der Waals surface area contributed by atoms with E-state index in [1.807, 2.05) is 12.1 Å². The first-order valence-electron chi connectivity index (χ1n) is 13.8. The molecule has 0 radical (unpaired) electrons. The summed E-state index contributed by atoms with van der Waals surface area (Å²) in [7, 11) is 0. The molecule has 4 aliphatic rings. The number of nitrogens with one attached hydrogen (secondary N) is 1. The van der Waals surface area contributed by atoms with Gasteiger partial charge < -0.3 is 25.6 Å². The van der Waals surface area contributed by atoms with Crippen LogP contribution in [-0.4, -0.2) is 83.9 Å². The molecule has 8 nitrogen and oxygen atoms in total. The quantitative estimate of drug-likeness (QED) is 0.626. The van der Waals surface area contributed by atoms with Gasteiger partial charge in [0.15, 0.2) is 5.78 Å². The first-order chi connectivity index (χ1) is 17.4. The Morgan fingerprint density at radius 3 is 2.47 bits per heavy atom. The van der Waals surface area contributed by atoms with E-state index in [-0.39, 0.29) is 36.8 Å². The van der Waals surface area contributed by atoms with E-state index >= 15 is 0 Å². The molecular formula is C28H40N4O4. The highest BCUT2D eigenvalue weighted by Crippen LogP contribution is 2.35. The van der Waals surface area contributed by atoms with E-state index in [1.54, 1.807) is 4.90 Å². The Bertz CT molecular complexity index is 966. The third-order valence-corrected chi connectivity index (χ3v) is 8.73. The lowest BCUT2D eigenvalue weighted by molar-refractivity contribution is -0.143. The van der Waals surface area contributed by atoms with Crippen molar-refractivity contribution in [2.45, 2.75) is 87.9 Å². The number of amides is 2. The van der Waals surface area contributed by atoms with Gasteiger partial charge in [0.2, 0.25) is 5.91 Å². The fourth-order valence-electron chi connectivity index (χ4n) is 6.73. The third-order valence-electron chi connectivity index (χ3n) is 8.73. The maximum atomic E-state index is 13.9. The standard InChI is InChI=1S/C28H40N4O4/c1-2-14-31-15-10-20(11-16-31)19-6-8-21(9-7-19)26(34)30-28(12-4-3-5-13-28)27(35)32-17-22(29)25-24(32)23(33)18-36-25/h6-9,20,22,24-25H,2-5,10-18,29H2,1H3,(H,30,34)/t22-,24-,25-/m1/s1. The van der Waals surface area contributed by atoms with E-state index in [9.17, 15) is 14.4 Å². The molecule has 3 saturated heterocycles. The van der Waals surface area contributed by atoms with Gasteiger partial charge in [0.1, 0.15) is 24.3 Å². The normalized spacial score (nSPS) is 28.8. The highest BCUT2D eigenvalue weighted by Gasteiger charge is 2.55. The number of benzene rings is 1. The average Bonchev–Trinajstić information content (AvgIpc) is 3.45. The van der Waals surface area contributed by atoms with Crippen LogP contribution in [0.15, 0.2) is 24.3 Å². The van der Waals surface area contributed by atoms with Gasteiger partial charge in [0.25, 0.3) is 5.91 Å². The van der Waals surface area contributed by atoms with Crippen LogP contribution in [0.25, 0.3) is 0 Å². The molecular weight excluding hydrogens is 456 g/mol. The van der Waals surface area contributed by atoms with Crippen LogP contribution in [0.4, 0.5) is 0 Å². The molecule has 1 aliphatic carbocycles. The molecule has 36 heavy (non-hydrogen) atoms. The second-order valence-electron chi connectivity index (χ2n) is 11.1. The highest BCUT2D eigenvalue weighted by molar-refractivity contribution is 6.01. The summed E-state index contributed by atoms with van der Waals surface area (Å²) >= 11 is 0. The number of carbonyl (C=O) groups is 3. The van der Waals surface area contributed by atoms with Gasteiger partial charge in [-0.25, -0.2) is 0 Å². The molecule has 3 atom stereocenters. The number of Topliss-reactive ketones (excluding diaryl/α,β-unsaturated/α-hetero) is 1. The second kappa shape index (κ2) is 10.6. The Labute approximate surface area is 213 Å². The van der Waals surface area contributed by atoms with Crippen LogP contribution in [0.1, 0.15) is 80.1 Å². The van der Waals surface area contributed by atoms with Gasteiger partial charge in [0.05, 0.1) is 6.04 Å². The number of ketones is 1. The van der Waals surface area contributed by atoms with E-state index < -0.39 is 17.7 Å². The van der Waals surface area contributed by atoms with Crippen molar-refractivity contribution in [2.24, 2.45) is 5.73 Å². The maximum absolute atomic E-state index is 13.9. The number of nitrogens with two attached hydrogens (primary N) is 1. The number of fused-ring (bicyclic) bond motifs is 1. The van der Waals surface area contributed by atoms with Gasteiger partial charge in [-0.15, -0.1) is 0 Å². The van der Waals surface area contributed by atoms with Crippen molar-refractivity contribution in [1.82, 2.24) is 15.1 Å². The first-order valence-corrected chi connectivity index (χ1v) is 13.8. The fraction of sp³-hybridized carbons (Fsp3) is 0.679. The lowest BCUT2D eigenvalue weighted by atomic mass is 9.80. The average molecular weight is 497 g/mol. The largest absolute Gasteiger partial charge is 0.366 e. The van der Waals surface area contributed by atoms with Gasteiger partial charge in [-0.1, -0.05) is 38.3 Å². The molecule has 1 aromatic rings. The Balaban J connectivity index is 1.28. The van der Waals surface area contributed by atoms with Crippen LogP contribution in [0, 0.1) is 0 Å². The summed E-state index contributed by atoms with van der Waals surface area (Å²) in [6, 6.07) is 6.90. The molecule has 3 heterocycles. The van der Waals surface area contributed by atoms with E-state index in [0.717, 1.165) is 51.7 Å². The Morgan fingerprint density at radius 1 is 1.11 bits per heavy atom. The second-order valence-corrected chi connectivity index (χ2v) is 11.1. The van der Waals surface area contributed by atoms with Crippen molar-refractivity contribution in [2.75, 3.05) is 32.8 Å². The van der Waals surface area contributed by atoms with Gasteiger partial charge >= 0.3 is 0 Å². The van der Waals surface area contributed by atoms with Crippen molar-refractivity contribution in [1.29, 1.82) is 0 Å². The number of ether oxygens (including phenoxy) is 1. The van der Waals surface area contributed by atoms with Crippen molar-refractivity contribution in [3.63, 3.8) is 0 Å². The van der Waals surface area contributed by atoms with Crippen molar-refractivity contribution in [3.05, 3.63) is 35.4 Å². The zero-order valence-corrected chi connectivity index (χ0v) is 21.4. The summed E-state index contributed by atoms with van der Waals surface area (Å²) in [5.74, 6) is 0.00564. The minimum absolute atomic E-state index is 0.00382. The molecule has 1 saturated carbocycles. The summed E-state index contributed by atoms with van der Waals surface area (Å²) < 4.78 is 5.57. The van der Waals surface area contributed by atoms with E-state index in [2.05, 4.69) is 29.3 Å². The number of nitrogens with zero attached hydrogens (tertiary/aromatic N) is 2. The molecule has 2 amide bonds. The summed E-state index contributed by atoms with van der Waals surface area (Å²) in [6.45, 7) is 5.92. The van der Waals surface area contributed by atoms with E-state index in [4.69, 9.17) is 10.5 Å². The third kappa shape index (κ3) is 4.83. The molecule has 3 N–H and O–H groups in total. The predicted octanol–water partition coefficient (Wildman–Crippen LogP) is 2.21. The van der Waals surface area contributed by atoms with Gasteiger partial charge in [0, 0.05) is 12.1 Å². The number of rotatable bonds is 6. The summed E-state index contributed by atoms with van der Waals surface area (Å²) in [6.07, 6.45) is 6.93. The molecule has 8 heteroatoms. The fourth-order valence-corrected chi connectivity index (χ4v) is 6.73. The topological polar surface area (TPSA) is 105 Å². The van der Waals surface area contributed by atoms with Crippen molar-refractivity contribution >= 4 is 17.6 Å². The van der Waals surface area contributed by atoms with Gasteiger partial charge in [-0.3, -0.25) is 14.4 Å². The molecule has 0 aromatic heterocycles. The molecule has 3 aliphatic heterocycles. The summed E-state index contributed by atoms with van der Waals surface area (Å²) in [4.78, 5) is 43.9. The van der Waals surface area contributed by atoms with Crippen molar-refractivity contribution in [3.8, 4) is 0 Å². The number of hydrogen-bond acceptors (Lipinski definition) is 6. The lowest BCUT2D eigenvalue weighted by Crippen LogP contribution is -2.62. The van der Waals surface area contributed by atoms with Gasteiger partial charge in [-0.2, -0.15) is 0 Å². The molecule has 0 bridgehead atoms. The zero-order valence-electron chi connectivity index (χ0n) is 21.4. The highest BCUT2D eigenvalue weighted by atomic mass is 16.5. The zero-order chi connectivity index (χ0) is 25.3. The minimum atomic E-state index is -1.00. The van der Waals surface area contributed by atoms with Crippen molar-refractivity contribution < 1.29 is 19.1 Å². The van der Waals surface area contributed by atoms with Gasteiger partial charge in [-0.05, 0) is 75.4 Å². The monoisotopic (exact) mass is 496 g/mol. The minimum Gasteiger partial charge on any atom is -0.366 e. The molecule has 0 unspecified atom stereocenters. The molecule has 1 aromatic carbocycles.